The number of aliphatic imine (C=N–C) groups is 1. The Morgan fingerprint density at radius 1 is 1.52 bits per heavy atom. The summed E-state index contributed by atoms with van der Waals surface area (Å²) in [6.45, 7) is 2.59. The number of nitriles is 1. The van der Waals surface area contributed by atoms with E-state index in [9.17, 15) is 0 Å². The molecule has 21 heavy (non-hydrogen) atoms. The summed E-state index contributed by atoms with van der Waals surface area (Å²) in [7, 11) is 0. The molecular formula is C16H19N3O2. The van der Waals surface area contributed by atoms with Crippen LogP contribution >= 0.6 is 0 Å². The van der Waals surface area contributed by atoms with E-state index in [1.54, 1.807) is 6.07 Å². The fourth-order valence-electron chi connectivity index (χ4n) is 3.08. The van der Waals surface area contributed by atoms with Gasteiger partial charge in [-0.3, -0.25) is 0 Å². The van der Waals surface area contributed by atoms with Gasteiger partial charge in [-0.05, 0) is 24.6 Å². The standard InChI is InChI=1S/C16H19N3O2/c1-2-3-4-12-8-16(10-20-15(18)19-16)13-7-11(9-17)5-6-14(13)21-12/h5-7,12H,2-4,8,10H2,1H3,(H2,18,19)/t12-,16?/m0/s1. The minimum atomic E-state index is -0.497. The molecule has 0 fully saturated rings. The highest BCUT2D eigenvalue weighted by atomic mass is 16.5. The van der Waals surface area contributed by atoms with Gasteiger partial charge in [0.25, 0.3) is 6.02 Å². The van der Waals surface area contributed by atoms with Crippen LogP contribution in [-0.2, 0) is 10.3 Å². The number of fused-ring (bicyclic) bond motifs is 2. The van der Waals surface area contributed by atoms with Crippen molar-refractivity contribution in [3.63, 3.8) is 0 Å². The molecule has 0 saturated carbocycles. The lowest BCUT2D eigenvalue weighted by molar-refractivity contribution is 0.0987. The predicted octanol–water partition coefficient (Wildman–Crippen LogP) is 2.44. The van der Waals surface area contributed by atoms with Crippen molar-refractivity contribution in [2.45, 2.75) is 44.2 Å². The molecule has 5 heteroatoms. The van der Waals surface area contributed by atoms with Gasteiger partial charge in [-0.25, -0.2) is 4.99 Å². The minimum Gasteiger partial charge on any atom is -0.490 e. The molecule has 2 atom stereocenters. The summed E-state index contributed by atoms with van der Waals surface area (Å²) in [5.74, 6) is 0.795. The molecule has 5 nitrogen and oxygen atoms in total. The Morgan fingerprint density at radius 2 is 2.38 bits per heavy atom. The molecule has 0 saturated heterocycles. The number of unbranched alkanes of at least 4 members (excludes halogenated alkanes) is 1. The highest BCUT2D eigenvalue weighted by Crippen LogP contribution is 2.45. The quantitative estimate of drug-likeness (QED) is 0.925. The third-order valence-electron chi connectivity index (χ3n) is 4.13. The molecule has 2 N–H and O–H groups in total. The molecule has 1 unspecified atom stereocenters. The third kappa shape index (κ3) is 2.42. The van der Waals surface area contributed by atoms with Gasteiger partial charge in [-0.2, -0.15) is 5.26 Å². The summed E-state index contributed by atoms with van der Waals surface area (Å²) in [5, 5.41) is 9.11. The summed E-state index contributed by atoms with van der Waals surface area (Å²) in [6, 6.07) is 7.86. The van der Waals surface area contributed by atoms with Crippen molar-refractivity contribution in [3.8, 4) is 11.8 Å². The summed E-state index contributed by atoms with van der Waals surface area (Å²) >= 11 is 0. The maximum atomic E-state index is 9.11. The predicted molar refractivity (Wildman–Crippen MR) is 79.0 cm³/mol. The zero-order valence-electron chi connectivity index (χ0n) is 12.1. The second-order valence-electron chi connectivity index (χ2n) is 5.68. The van der Waals surface area contributed by atoms with Crippen LogP contribution < -0.4 is 10.5 Å². The van der Waals surface area contributed by atoms with Crippen molar-refractivity contribution in [1.29, 1.82) is 5.26 Å². The van der Waals surface area contributed by atoms with Crippen LogP contribution in [0, 0.1) is 11.3 Å². The first-order valence-electron chi connectivity index (χ1n) is 7.36. The molecule has 110 valence electrons. The number of rotatable bonds is 3. The molecular weight excluding hydrogens is 266 g/mol. The van der Waals surface area contributed by atoms with Gasteiger partial charge in [0.15, 0.2) is 0 Å². The fraction of sp³-hybridized carbons (Fsp3) is 0.500. The van der Waals surface area contributed by atoms with E-state index < -0.39 is 5.54 Å². The van der Waals surface area contributed by atoms with E-state index in [1.165, 1.54) is 0 Å². The van der Waals surface area contributed by atoms with E-state index in [0.29, 0.717) is 12.2 Å². The molecule has 2 heterocycles. The van der Waals surface area contributed by atoms with E-state index >= 15 is 0 Å². The van der Waals surface area contributed by atoms with E-state index in [0.717, 1.165) is 37.0 Å². The first-order valence-corrected chi connectivity index (χ1v) is 7.36. The summed E-state index contributed by atoms with van der Waals surface area (Å²) in [6.07, 6.45) is 4.10. The Bertz CT molecular complexity index is 620. The first kappa shape index (κ1) is 13.7. The average molecular weight is 285 g/mol. The molecule has 0 radical (unpaired) electrons. The van der Waals surface area contributed by atoms with Crippen LogP contribution in [-0.4, -0.2) is 18.7 Å². The maximum Gasteiger partial charge on any atom is 0.283 e. The van der Waals surface area contributed by atoms with Crippen LogP contribution in [0.1, 0.15) is 43.7 Å². The lowest BCUT2D eigenvalue weighted by Crippen LogP contribution is -2.38. The van der Waals surface area contributed by atoms with E-state index in [4.69, 9.17) is 20.5 Å². The average Bonchev–Trinajstić information content (AvgIpc) is 2.86. The maximum absolute atomic E-state index is 9.11. The Morgan fingerprint density at radius 3 is 3.05 bits per heavy atom. The van der Waals surface area contributed by atoms with Gasteiger partial charge in [-0.1, -0.05) is 19.8 Å². The molecule has 2 aliphatic heterocycles. The third-order valence-corrected chi connectivity index (χ3v) is 4.13. The number of hydrogen-bond donors (Lipinski definition) is 1. The Kier molecular flexibility index (Phi) is 3.46. The van der Waals surface area contributed by atoms with Gasteiger partial charge in [0.05, 0.1) is 11.6 Å². The molecule has 1 aromatic rings. The molecule has 0 bridgehead atoms. The summed E-state index contributed by atoms with van der Waals surface area (Å²) in [4.78, 5) is 4.54. The molecule has 0 aliphatic carbocycles. The normalized spacial score (nSPS) is 26.5. The van der Waals surface area contributed by atoms with Crippen molar-refractivity contribution in [2.24, 2.45) is 10.7 Å². The smallest absolute Gasteiger partial charge is 0.283 e. The SMILES string of the molecule is CCCC[C@H]1CC2(COC(N)=N2)c2cc(C#N)ccc2O1. The lowest BCUT2D eigenvalue weighted by Gasteiger charge is -2.36. The van der Waals surface area contributed by atoms with Gasteiger partial charge in [0.1, 0.15) is 24.0 Å². The zero-order chi connectivity index (χ0) is 14.9. The van der Waals surface area contributed by atoms with E-state index in [-0.39, 0.29) is 12.1 Å². The summed E-state index contributed by atoms with van der Waals surface area (Å²) < 4.78 is 11.5. The number of nitrogens with zero attached hydrogens (tertiary/aromatic N) is 2. The van der Waals surface area contributed by atoms with E-state index in [2.05, 4.69) is 18.0 Å². The van der Waals surface area contributed by atoms with Crippen molar-refractivity contribution in [1.82, 2.24) is 0 Å². The molecule has 3 rings (SSSR count). The summed E-state index contributed by atoms with van der Waals surface area (Å²) in [5.41, 5.74) is 6.75. The molecule has 1 spiro atoms. The Hall–Kier alpha value is -2.22. The topological polar surface area (TPSA) is 80.6 Å². The zero-order valence-corrected chi connectivity index (χ0v) is 12.1. The van der Waals surface area contributed by atoms with Crippen molar-refractivity contribution in [3.05, 3.63) is 29.3 Å². The second kappa shape index (κ2) is 5.28. The van der Waals surface area contributed by atoms with Crippen molar-refractivity contribution in [2.75, 3.05) is 6.61 Å². The van der Waals surface area contributed by atoms with Gasteiger partial charge in [0.2, 0.25) is 0 Å². The number of nitrogens with two attached hydrogens (primary N) is 1. The van der Waals surface area contributed by atoms with Gasteiger partial charge in [-0.15, -0.1) is 0 Å². The number of hydrogen-bond acceptors (Lipinski definition) is 5. The van der Waals surface area contributed by atoms with Crippen molar-refractivity contribution >= 4 is 6.02 Å². The fourth-order valence-corrected chi connectivity index (χ4v) is 3.08. The monoisotopic (exact) mass is 285 g/mol. The van der Waals surface area contributed by atoms with Crippen LogP contribution in [0.15, 0.2) is 23.2 Å². The molecule has 1 aromatic carbocycles. The van der Waals surface area contributed by atoms with Crippen LogP contribution in [0.2, 0.25) is 0 Å². The number of amidine groups is 1. The molecule has 2 aliphatic rings. The molecule has 0 amide bonds. The van der Waals surface area contributed by atoms with Crippen LogP contribution in [0.5, 0.6) is 5.75 Å². The van der Waals surface area contributed by atoms with Gasteiger partial charge >= 0.3 is 0 Å². The van der Waals surface area contributed by atoms with E-state index in [1.807, 2.05) is 12.1 Å². The first-order chi connectivity index (χ1) is 10.2. The largest absolute Gasteiger partial charge is 0.490 e. The minimum absolute atomic E-state index is 0.114. The van der Waals surface area contributed by atoms with Crippen LogP contribution in [0.4, 0.5) is 0 Å². The van der Waals surface area contributed by atoms with Gasteiger partial charge < -0.3 is 15.2 Å². The van der Waals surface area contributed by atoms with Gasteiger partial charge in [0, 0.05) is 12.0 Å². The second-order valence-corrected chi connectivity index (χ2v) is 5.68. The van der Waals surface area contributed by atoms with Crippen LogP contribution in [0.25, 0.3) is 0 Å². The molecule has 0 aromatic heterocycles. The van der Waals surface area contributed by atoms with Crippen LogP contribution in [0.3, 0.4) is 0 Å². The Labute approximate surface area is 124 Å². The van der Waals surface area contributed by atoms with Crippen molar-refractivity contribution < 1.29 is 9.47 Å². The lowest BCUT2D eigenvalue weighted by atomic mass is 9.81. The number of ether oxygens (including phenoxy) is 2. The Balaban J connectivity index is 2.01. The highest BCUT2D eigenvalue weighted by molar-refractivity contribution is 5.74. The highest BCUT2D eigenvalue weighted by Gasteiger charge is 2.45. The number of benzene rings is 1.